The van der Waals surface area contributed by atoms with Gasteiger partial charge in [-0.05, 0) is 17.7 Å². The van der Waals surface area contributed by atoms with Gasteiger partial charge in [0.25, 0.3) is 11.8 Å². The molecule has 0 radical (unpaired) electrons. The fourth-order valence-corrected chi connectivity index (χ4v) is 5.21. The van der Waals surface area contributed by atoms with Gasteiger partial charge in [-0.1, -0.05) is 31.2 Å². The first-order valence-corrected chi connectivity index (χ1v) is 11.3. The molecule has 0 spiro atoms. The van der Waals surface area contributed by atoms with Crippen LogP contribution in [0.15, 0.2) is 71.8 Å². The van der Waals surface area contributed by atoms with Crippen LogP contribution in [0.1, 0.15) is 29.7 Å². The summed E-state index contributed by atoms with van der Waals surface area (Å²) in [5, 5.41) is 2.44. The zero-order chi connectivity index (χ0) is 24.4. The molecule has 0 fully saturated rings. The molecule has 0 saturated carbocycles. The van der Waals surface area contributed by atoms with Gasteiger partial charge in [-0.3, -0.25) is 29.1 Å². The number of anilines is 1. The van der Waals surface area contributed by atoms with Gasteiger partial charge in [-0.15, -0.1) is 12.4 Å². The predicted molar refractivity (Wildman–Crippen MR) is 138 cm³/mol. The number of nitrogens with zero attached hydrogens (tertiary/aromatic N) is 5. The molecule has 2 atom stereocenters. The number of amides is 3. The van der Waals surface area contributed by atoms with Crippen molar-refractivity contribution in [1.29, 1.82) is 0 Å². The fourth-order valence-electron chi connectivity index (χ4n) is 5.21. The first-order chi connectivity index (χ1) is 16.9. The summed E-state index contributed by atoms with van der Waals surface area (Å²) in [4.78, 5) is 51.8. The number of imide groups is 1. The molecule has 6 rings (SSSR count). The van der Waals surface area contributed by atoms with Crippen molar-refractivity contribution in [3.05, 3.63) is 83.6 Å². The van der Waals surface area contributed by atoms with E-state index in [1.165, 1.54) is 0 Å². The third-order valence-electron chi connectivity index (χ3n) is 6.81. The number of pyridine rings is 1. The van der Waals surface area contributed by atoms with Crippen molar-refractivity contribution in [3.63, 3.8) is 0 Å². The first-order valence-electron chi connectivity index (χ1n) is 11.3. The van der Waals surface area contributed by atoms with Crippen LogP contribution in [0.25, 0.3) is 11.2 Å². The smallest absolute Gasteiger partial charge is 0.261 e. The Morgan fingerprint density at radius 3 is 2.61 bits per heavy atom. The maximum Gasteiger partial charge on any atom is 0.261 e. The molecule has 182 valence electrons. The lowest BCUT2D eigenvalue weighted by atomic mass is 9.91. The van der Waals surface area contributed by atoms with Crippen LogP contribution in [-0.4, -0.2) is 57.9 Å². The average molecular weight is 503 g/mol. The second kappa shape index (κ2) is 8.46. The summed E-state index contributed by atoms with van der Waals surface area (Å²) >= 11 is 0. The Morgan fingerprint density at radius 1 is 1.06 bits per heavy atom. The van der Waals surface area contributed by atoms with Crippen LogP contribution in [-0.2, 0) is 14.4 Å². The average Bonchev–Trinajstić information content (AvgIpc) is 3.43. The SMILES string of the molecule is CC1c2cccc3c2N(C=CN=C3C2=C(c3cnc4ccccn34)C(=O)NC2=O)C1C(=O)N(C)C.Cl. The lowest BCUT2D eigenvalue weighted by Crippen LogP contribution is -2.43. The topological polar surface area (TPSA) is 99.4 Å². The lowest BCUT2D eigenvalue weighted by Gasteiger charge is -2.27. The van der Waals surface area contributed by atoms with E-state index in [4.69, 9.17) is 0 Å². The van der Waals surface area contributed by atoms with Crippen molar-refractivity contribution in [2.75, 3.05) is 19.0 Å². The summed E-state index contributed by atoms with van der Waals surface area (Å²) in [6.07, 6.45) is 6.75. The molecule has 2 unspecified atom stereocenters. The van der Waals surface area contributed by atoms with Gasteiger partial charge >= 0.3 is 0 Å². The van der Waals surface area contributed by atoms with Crippen molar-refractivity contribution in [2.45, 2.75) is 18.9 Å². The van der Waals surface area contributed by atoms with Crippen molar-refractivity contribution in [2.24, 2.45) is 4.99 Å². The van der Waals surface area contributed by atoms with Gasteiger partial charge in [-0.25, -0.2) is 4.98 Å². The Kier molecular flexibility index (Phi) is 5.52. The van der Waals surface area contributed by atoms with Crippen LogP contribution in [0, 0.1) is 0 Å². The standard InChI is InChI=1S/C26H22N6O3.ClH/c1-14-15-7-6-8-16-21(27-10-12-32(23(15)16)22(14)26(35)30(2)3)20-19(24(33)29-25(20)34)17-13-28-18-9-4-5-11-31(17)18;/h4-14,22H,1-3H3,(H,29,33,34);1H. The number of likely N-dealkylation sites (N-methyl/N-ethyl adjacent to an activating group) is 1. The molecular formula is C26H23ClN6O3. The summed E-state index contributed by atoms with van der Waals surface area (Å²) in [6.45, 7) is 2.02. The molecule has 3 aromatic rings. The molecule has 0 bridgehead atoms. The Balaban J connectivity index is 0.00000267. The van der Waals surface area contributed by atoms with E-state index in [1.54, 1.807) is 48.2 Å². The largest absolute Gasteiger partial charge is 0.347 e. The summed E-state index contributed by atoms with van der Waals surface area (Å²) in [6, 6.07) is 10.9. The number of halogens is 1. The van der Waals surface area contributed by atoms with Crippen molar-refractivity contribution in [3.8, 4) is 0 Å². The quantitative estimate of drug-likeness (QED) is 0.555. The van der Waals surface area contributed by atoms with E-state index in [0.717, 1.165) is 11.3 Å². The number of nitrogens with one attached hydrogen (secondary N) is 1. The summed E-state index contributed by atoms with van der Waals surface area (Å²) < 4.78 is 1.77. The van der Waals surface area contributed by atoms with Gasteiger partial charge in [0.05, 0.1) is 34.4 Å². The third kappa shape index (κ3) is 3.20. The third-order valence-corrected chi connectivity index (χ3v) is 6.81. The van der Waals surface area contributed by atoms with E-state index < -0.39 is 17.9 Å². The minimum absolute atomic E-state index is 0. The normalized spacial score (nSPS) is 20.2. The molecule has 36 heavy (non-hydrogen) atoms. The number of benzene rings is 1. The molecule has 3 amide bonds. The van der Waals surface area contributed by atoms with E-state index in [1.807, 2.05) is 48.2 Å². The zero-order valence-corrected chi connectivity index (χ0v) is 20.6. The molecule has 10 heteroatoms. The molecule has 5 heterocycles. The summed E-state index contributed by atoms with van der Waals surface area (Å²) in [5.41, 5.74) is 4.47. The highest BCUT2D eigenvalue weighted by molar-refractivity contribution is 6.47. The van der Waals surface area contributed by atoms with Gasteiger partial charge in [-0.2, -0.15) is 0 Å². The van der Waals surface area contributed by atoms with Gasteiger partial charge in [0.15, 0.2) is 0 Å². The van der Waals surface area contributed by atoms with E-state index in [9.17, 15) is 14.4 Å². The number of rotatable bonds is 3. The molecule has 3 aliphatic heterocycles. The van der Waals surface area contributed by atoms with E-state index in [0.29, 0.717) is 22.6 Å². The van der Waals surface area contributed by atoms with Gasteiger partial charge in [0.2, 0.25) is 5.91 Å². The molecular weight excluding hydrogens is 480 g/mol. The number of hydrogen-bond donors (Lipinski definition) is 1. The Bertz CT molecular complexity index is 1550. The van der Waals surface area contributed by atoms with Crippen LogP contribution < -0.4 is 10.2 Å². The van der Waals surface area contributed by atoms with Gasteiger partial charge in [0.1, 0.15) is 11.7 Å². The van der Waals surface area contributed by atoms with Crippen LogP contribution in [0.5, 0.6) is 0 Å². The molecule has 9 nitrogen and oxygen atoms in total. The second-order valence-corrected chi connectivity index (χ2v) is 9.00. The fraction of sp³-hybridized carbons (Fsp3) is 0.192. The Labute approximate surface area is 213 Å². The van der Waals surface area contributed by atoms with E-state index in [2.05, 4.69) is 15.3 Å². The van der Waals surface area contributed by atoms with Gasteiger partial charge < -0.3 is 9.80 Å². The van der Waals surface area contributed by atoms with Crippen molar-refractivity contribution < 1.29 is 14.4 Å². The number of para-hydroxylation sites is 1. The van der Waals surface area contributed by atoms with Crippen molar-refractivity contribution >= 4 is 52.7 Å². The monoisotopic (exact) mass is 502 g/mol. The van der Waals surface area contributed by atoms with Gasteiger partial charge in [0, 0.05) is 44.2 Å². The Morgan fingerprint density at radius 2 is 1.83 bits per heavy atom. The number of aromatic nitrogens is 2. The predicted octanol–water partition coefficient (Wildman–Crippen LogP) is 2.52. The summed E-state index contributed by atoms with van der Waals surface area (Å²) in [7, 11) is 3.48. The molecule has 0 saturated heterocycles. The Hall–Kier alpha value is -4.24. The second-order valence-electron chi connectivity index (χ2n) is 9.00. The highest BCUT2D eigenvalue weighted by Gasteiger charge is 2.44. The molecule has 1 N–H and O–H groups in total. The van der Waals surface area contributed by atoms with Crippen LogP contribution in [0.3, 0.4) is 0 Å². The number of imidazole rings is 1. The maximum atomic E-state index is 13.2. The molecule has 3 aliphatic rings. The minimum Gasteiger partial charge on any atom is -0.347 e. The zero-order valence-electron chi connectivity index (χ0n) is 19.8. The van der Waals surface area contributed by atoms with Crippen LogP contribution in [0.4, 0.5) is 5.69 Å². The maximum absolute atomic E-state index is 13.2. The lowest BCUT2D eigenvalue weighted by molar-refractivity contribution is -0.130. The highest BCUT2D eigenvalue weighted by Crippen LogP contribution is 2.46. The van der Waals surface area contributed by atoms with Crippen LogP contribution in [0.2, 0.25) is 0 Å². The van der Waals surface area contributed by atoms with E-state index in [-0.39, 0.29) is 35.4 Å². The van der Waals surface area contributed by atoms with E-state index >= 15 is 0 Å². The molecule has 2 aromatic heterocycles. The number of hydrogen-bond acceptors (Lipinski definition) is 6. The highest BCUT2D eigenvalue weighted by atomic mass is 35.5. The number of fused-ring (bicyclic) bond motifs is 1. The number of aliphatic imine (C=N–C) groups is 1. The van der Waals surface area contributed by atoms with Crippen LogP contribution >= 0.6 is 12.4 Å². The summed E-state index contributed by atoms with van der Waals surface area (Å²) in [5.74, 6) is -1.10. The number of carbonyl (C=O) groups excluding carboxylic acids is 3. The molecule has 0 aliphatic carbocycles. The number of carbonyl (C=O) groups is 3. The molecule has 1 aromatic carbocycles. The minimum atomic E-state index is -0.513. The first kappa shape index (κ1) is 23.5. The van der Waals surface area contributed by atoms with Crippen molar-refractivity contribution in [1.82, 2.24) is 19.6 Å².